The summed E-state index contributed by atoms with van der Waals surface area (Å²) in [5, 5.41) is 2.80. The molecule has 1 aromatic rings. The maximum absolute atomic E-state index is 12.7. The molecule has 0 aliphatic carbocycles. The van der Waals surface area contributed by atoms with E-state index in [1.54, 1.807) is 0 Å². The van der Waals surface area contributed by atoms with E-state index >= 15 is 0 Å². The van der Waals surface area contributed by atoms with Crippen LogP contribution in [0.2, 0.25) is 5.02 Å². The number of halogens is 3. The molecule has 0 spiro atoms. The largest absolute Gasteiger partial charge is 0.324 e. The van der Waals surface area contributed by atoms with Gasteiger partial charge in [0.15, 0.2) is 0 Å². The quantitative estimate of drug-likeness (QED) is 0.848. The van der Waals surface area contributed by atoms with Gasteiger partial charge in [0.05, 0.1) is 15.5 Å². The van der Waals surface area contributed by atoms with Gasteiger partial charge in [0, 0.05) is 0 Å². The SMILES string of the molecule is CCC(Br)C(=O)Nc1ccc(F)cc1Cl. The minimum absolute atomic E-state index is 0.189. The number of hydrogen-bond acceptors (Lipinski definition) is 1. The number of carbonyl (C=O) groups excluding carboxylic acids is 1. The van der Waals surface area contributed by atoms with E-state index in [2.05, 4.69) is 21.2 Å². The van der Waals surface area contributed by atoms with E-state index in [4.69, 9.17) is 11.6 Å². The number of nitrogens with one attached hydrogen (secondary N) is 1. The summed E-state index contributed by atoms with van der Waals surface area (Å²) in [5.74, 6) is -0.616. The summed E-state index contributed by atoms with van der Waals surface area (Å²) >= 11 is 8.96. The molecule has 0 fully saturated rings. The number of alkyl halides is 1. The first-order valence-electron chi connectivity index (χ1n) is 4.44. The highest BCUT2D eigenvalue weighted by Crippen LogP contribution is 2.23. The highest BCUT2D eigenvalue weighted by molar-refractivity contribution is 9.10. The average molecular weight is 295 g/mol. The van der Waals surface area contributed by atoms with Crippen LogP contribution in [-0.2, 0) is 4.79 Å². The highest BCUT2D eigenvalue weighted by atomic mass is 79.9. The van der Waals surface area contributed by atoms with Gasteiger partial charge in [0.25, 0.3) is 0 Å². The van der Waals surface area contributed by atoms with E-state index in [1.165, 1.54) is 12.1 Å². The molecule has 1 unspecified atom stereocenters. The maximum Gasteiger partial charge on any atom is 0.238 e. The van der Waals surface area contributed by atoms with Gasteiger partial charge in [-0.3, -0.25) is 4.79 Å². The predicted molar refractivity (Wildman–Crippen MR) is 63.0 cm³/mol. The zero-order valence-corrected chi connectivity index (χ0v) is 10.4. The molecule has 0 saturated heterocycles. The topological polar surface area (TPSA) is 29.1 Å². The zero-order valence-electron chi connectivity index (χ0n) is 8.06. The van der Waals surface area contributed by atoms with Crippen molar-refractivity contribution in [1.82, 2.24) is 0 Å². The van der Waals surface area contributed by atoms with E-state index in [0.29, 0.717) is 12.1 Å². The van der Waals surface area contributed by atoms with Crippen molar-refractivity contribution in [2.24, 2.45) is 0 Å². The Morgan fingerprint density at radius 3 is 2.87 bits per heavy atom. The molecular formula is C10H10BrClFNO. The molecule has 1 rings (SSSR count). The van der Waals surface area contributed by atoms with Gasteiger partial charge in [-0.25, -0.2) is 4.39 Å². The van der Waals surface area contributed by atoms with Crippen molar-refractivity contribution in [2.45, 2.75) is 18.2 Å². The lowest BCUT2D eigenvalue weighted by molar-refractivity contribution is -0.115. The van der Waals surface area contributed by atoms with Crippen LogP contribution in [0, 0.1) is 5.82 Å². The number of hydrogen-bond donors (Lipinski definition) is 1. The van der Waals surface area contributed by atoms with Crippen molar-refractivity contribution in [3.05, 3.63) is 29.0 Å². The molecule has 0 saturated carbocycles. The van der Waals surface area contributed by atoms with Gasteiger partial charge in [-0.05, 0) is 24.6 Å². The minimum Gasteiger partial charge on any atom is -0.324 e. The lowest BCUT2D eigenvalue weighted by atomic mass is 10.2. The molecule has 15 heavy (non-hydrogen) atoms. The second-order valence-corrected chi connectivity index (χ2v) is 4.50. The fourth-order valence-electron chi connectivity index (χ4n) is 0.987. The molecule has 0 heterocycles. The Bertz CT molecular complexity index is 372. The monoisotopic (exact) mass is 293 g/mol. The second kappa shape index (κ2) is 5.47. The first-order valence-corrected chi connectivity index (χ1v) is 5.74. The van der Waals surface area contributed by atoms with E-state index in [1.807, 2.05) is 6.92 Å². The number of benzene rings is 1. The number of amides is 1. The van der Waals surface area contributed by atoms with Gasteiger partial charge < -0.3 is 5.32 Å². The molecule has 1 N–H and O–H groups in total. The lowest BCUT2D eigenvalue weighted by Gasteiger charge is -2.09. The van der Waals surface area contributed by atoms with Gasteiger partial charge in [-0.15, -0.1) is 0 Å². The standard InChI is InChI=1S/C10H10BrClFNO/c1-2-7(11)10(15)14-9-4-3-6(13)5-8(9)12/h3-5,7H,2H2,1H3,(H,14,15). The van der Waals surface area contributed by atoms with E-state index in [0.717, 1.165) is 6.07 Å². The van der Waals surface area contributed by atoms with Crippen LogP contribution in [0.1, 0.15) is 13.3 Å². The van der Waals surface area contributed by atoms with Crippen molar-refractivity contribution in [3.63, 3.8) is 0 Å². The Hall–Kier alpha value is -0.610. The van der Waals surface area contributed by atoms with E-state index < -0.39 is 5.82 Å². The average Bonchev–Trinajstić information content (AvgIpc) is 2.20. The first kappa shape index (κ1) is 12.5. The van der Waals surface area contributed by atoms with Crippen molar-refractivity contribution in [1.29, 1.82) is 0 Å². The fraction of sp³-hybridized carbons (Fsp3) is 0.300. The number of carbonyl (C=O) groups is 1. The molecular weight excluding hydrogens is 284 g/mol. The molecule has 0 radical (unpaired) electrons. The number of anilines is 1. The third-order valence-electron chi connectivity index (χ3n) is 1.83. The molecule has 82 valence electrons. The van der Waals surface area contributed by atoms with Gasteiger partial charge >= 0.3 is 0 Å². The highest BCUT2D eigenvalue weighted by Gasteiger charge is 2.13. The summed E-state index contributed by atoms with van der Waals surface area (Å²) in [6.45, 7) is 1.88. The fourth-order valence-corrected chi connectivity index (χ4v) is 1.32. The van der Waals surface area contributed by atoms with Crippen molar-refractivity contribution in [3.8, 4) is 0 Å². The Morgan fingerprint density at radius 2 is 2.33 bits per heavy atom. The molecule has 0 aliphatic rings. The maximum atomic E-state index is 12.7. The van der Waals surface area contributed by atoms with Gasteiger partial charge in [-0.1, -0.05) is 34.5 Å². The van der Waals surface area contributed by atoms with Crippen molar-refractivity contribution in [2.75, 3.05) is 5.32 Å². The molecule has 0 bridgehead atoms. The molecule has 0 aromatic heterocycles. The third kappa shape index (κ3) is 3.47. The number of rotatable bonds is 3. The Balaban J connectivity index is 2.77. The molecule has 2 nitrogen and oxygen atoms in total. The minimum atomic E-state index is -0.427. The van der Waals surface area contributed by atoms with Crippen LogP contribution in [0.25, 0.3) is 0 Å². The summed E-state index contributed by atoms with van der Waals surface area (Å²) in [6.07, 6.45) is 0.671. The Kier molecular flexibility index (Phi) is 4.54. The molecule has 0 aliphatic heterocycles. The smallest absolute Gasteiger partial charge is 0.238 e. The Labute approximate surface area is 101 Å². The molecule has 5 heteroatoms. The second-order valence-electron chi connectivity index (χ2n) is 2.99. The van der Waals surface area contributed by atoms with Crippen LogP contribution >= 0.6 is 27.5 Å². The van der Waals surface area contributed by atoms with Crippen LogP contribution < -0.4 is 5.32 Å². The summed E-state index contributed by atoms with van der Waals surface area (Å²) in [5.41, 5.74) is 0.418. The third-order valence-corrected chi connectivity index (χ3v) is 3.21. The summed E-state index contributed by atoms with van der Waals surface area (Å²) < 4.78 is 12.7. The van der Waals surface area contributed by atoms with Crippen LogP contribution in [0.4, 0.5) is 10.1 Å². The van der Waals surface area contributed by atoms with Gasteiger partial charge in [-0.2, -0.15) is 0 Å². The van der Waals surface area contributed by atoms with Crippen LogP contribution in [0.15, 0.2) is 18.2 Å². The Morgan fingerprint density at radius 1 is 1.67 bits per heavy atom. The van der Waals surface area contributed by atoms with E-state index in [-0.39, 0.29) is 15.8 Å². The van der Waals surface area contributed by atoms with Crippen molar-refractivity contribution >= 4 is 39.1 Å². The van der Waals surface area contributed by atoms with Gasteiger partial charge in [0.1, 0.15) is 5.82 Å². The van der Waals surface area contributed by atoms with Crippen LogP contribution in [-0.4, -0.2) is 10.7 Å². The summed E-state index contributed by atoms with van der Waals surface area (Å²) in [7, 11) is 0. The van der Waals surface area contributed by atoms with Gasteiger partial charge in [0.2, 0.25) is 5.91 Å². The van der Waals surface area contributed by atoms with Crippen molar-refractivity contribution < 1.29 is 9.18 Å². The zero-order chi connectivity index (χ0) is 11.4. The molecule has 1 amide bonds. The molecule has 1 atom stereocenters. The van der Waals surface area contributed by atoms with E-state index in [9.17, 15) is 9.18 Å². The first-order chi connectivity index (χ1) is 7.04. The molecule has 1 aromatic carbocycles. The normalized spacial score (nSPS) is 12.3. The predicted octanol–water partition coefficient (Wildman–Crippen LogP) is 3.59. The van der Waals surface area contributed by atoms with Crippen LogP contribution in [0.3, 0.4) is 0 Å². The lowest BCUT2D eigenvalue weighted by Crippen LogP contribution is -2.22. The van der Waals surface area contributed by atoms with Crippen LogP contribution in [0.5, 0.6) is 0 Å². The summed E-state index contributed by atoms with van der Waals surface area (Å²) in [4.78, 5) is 11.2. The summed E-state index contributed by atoms with van der Waals surface area (Å²) in [6, 6.07) is 3.84.